The van der Waals surface area contributed by atoms with Crippen molar-refractivity contribution in [2.75, 3.05) is 4.90 Å². The maximum absolute atomic E-state index is 6.16. The molecule has 1 aromatic heterocycles. The average Bonchev–Trinajstić information content (AvgIpc) is 3.69. The molecule has 59 heavy (non-hydrogen) atoms. The third-order valence-electron chi connectivity index (χ3n) is 12.0. The molecule has 10 aromatic carbocycles. The van der Waals surface area contributed by atoms with Gasteiger partial charge in [0, 0.05) is 27.5 Å². The normalized spacial score (nSPS) is 11.7. The van der Waals surface area contributed by atoms with Crippen LogP contribution in [0.3, 0.4) is 0 Å². The van der Waals surface area contributed by atoms with E-state index in [-0.39, 0.29) is 0 Å². The molecule has 0 N–H and O–H groups in total. The highest BCUT2D eigenvalue weighted by molar-refractivity contribution is 7.19. The van der Waals surface area contributed by atoms with Crippen LogP contribution in [0.4, 0.5) is 17.1 Å². The first-order chi connectivity index (χ1) is 29.3. The number of nitrogens with zero attached hydrogens (tertiary/aromatic N) is 1. The van der Waals surface area contributed by atoms with Gasteiger partial charge in [0.1, 0.15) is 11.2 Å². The van der Waals surface area contributed by atoms with Gasteiger partial charge in [-0.1, -0.05) is 188 Å². The van der Waals surface area contributed by atoms with Gasteiger partial charge in [-0.25, -0.2) is 0 Å². The molecule has 3 heteroatoms. The van der Waals surface area contributed by atoms with Crippen LogP contribution in [0.15, 0.2) is 241 Å². The van der Waals surface area contributed by atoms with Crippen molar-refractivity contribution in [2.45, 2.75) is 0 Å². The fraction of sp³-hybridized carbons (Fsp3) is 0. The second-order valence-corrected chi connectivity index (χ2v) is 19.1. The first-order valence-corrected chi connectivity index (χ1v) is 22.3. The number of hydrogen-bond donors (Lipinski definition) is 0. The van der Waals surface area contributed by atoms with Gasteiger partial charge in [-0.05, 0) is 96.6 Å². The standard InChI is InChI=1S/C56H39NOSi/c1-4-17-45(18-5-1)59(46-19-6-2-7-20-46,47-21-8-3-9-22-47)48-35-33-44(34-36-48)57(54-39-42-16-10-11-23-49(42)50-24-12-13-25-51(50)54)43-31-28-40(29-32-43)41-30-37-56-53(38-41)52-26-14-15-27-55(52)58-56/h1-39H. The predicted molar refractivity (Wildman–Crippen MR) is 252 cm³/mol. The van der Waals surface area contributed by atoms with Gasteiger partial charge in [-0.2, -0.15) is 0 Å². The van der Waals surface area contributed by atoms with Crippen molar-refractivity contribution in [3.8, 4) is 11.1 Å². The van der Waals surface area contributed by atoms with Crippen molar-refractivity contribution in [3.05, 3.63) is 237 Å². The lowest BCUT2D eigenvalue weighted by Gasteiger charge is -2.35. The van der Waals surface area contributed by atoms with E-state index in [0.29, 0.717) is 0 Å². The van der Waals surface area contributed by atoms with Gasteiger partial charge < -0.3 is 9.32 Å². The largest absolute Gasteiger partial charge is 0.456 e. The molecule has 1 heterocycles. The third kappa shape index (κ3) is 5.86. The molecule has 0 aliphatic carbocycles. The minimum absolute atomic E-state index is 0.906. The van der Waals surface area contributed by atoms with Crippen molar-refractivity contribution in [3.63, 3.8) is 0 Å². The van der Waals surface area contributed by atoms with E-state index >= 15 is 0 Å². The Hall–Kier alpha value is -7.46. The third-order valence-corrected chi connectivity index (χ3v) is 16.8. The van der Waals surface area contributed by atoms with E-state index in [9.17, 15) is 0 Å². The second kappa shape index (κ2) is 14.5. The van der Waals surface area contributed by atoms with Crippen molar-refractivity contribution < 1.29 is 4.42 Å². The summed E-state index contributed by atoms with van der Waals surface area (Å²) in [6.07, 6.45) is 0. The van der Waals surface area contributed by atoms with Crippen molar-refractivity contribution in [1.29, 1.82) is 0 Å². The van der Waals surface area contributed by atoms with Crippen LogP contribution in [0.2, 0.25) is 0 Å². The number of fused-ring (bicyclic) bond motifs is 6. The van der Waals surface area contributed by atoms with Crippen LogP contribution in [-0.4, -0.2) is 8.07 Å². The number of hydrogen-bond acceptors (Lipinski definition) is 2. The van der Waals surface area contributed by atoms with E-state index in [1.807, 2.05) is 12.1 Å². The van der Waals surface area contributed by atoms with Crippen LogP contribution >= 0.6 is 0 Å². The minimum atomic E-state index is -2.70. The summed E-state index contributed by atoms with van der Waals surface area (Å²) >= 11 is 0. The lowest BCUT2D eigenvalue weighted by atomic mass is 9.98. The Morgan fingerprint density at radius 2 is 0.763 bits per heavy atom. The molecule has 0 atom stereocenters. The lowest BCUT2D eigenvalue weighted by Crippen LogP contribution is -2.74. The lowest BCUT2D eigenvalue weighted by molar-refractivity contribution is 0.669. The highest BCUT2D eigenvalue weighted by Crippen LogP contribution is 2.42. The summed E-state index contributed by atoms with van der Waals surface area (Å²) in [6.45, 7) is 0. The van der Waals surface area contributed by atoms with Gasteiger partial charge in [0.25, 0.3) is 0 Å². The summed E-state index contributed by atoms with van der Waals surface area (Å²) in [5, 5.41) is 12.6. The van der Waals surface area contributed by atoms with Crippen molar-refractivity contribution in [2.24, 2.45) is 0 Å². The van der Waals surface area contributed by atoms with E-state index in [2.05, 4.69) is 229 Å². The molecule has 0 unspecified atom stereocenters. The SMILES string of the molecule is c1ccc([Si](c2ccccc2)(c2ccccc2)c2ccc(N(c3ccc(-c4ccc5oc6ccccc6c5c4)cc3)c3cc4ccccc4c4ccccc34)cc2)cc1. The summed E-state index contributed by atoms with van der Waals surface area (Å²) in [5.74, 6) is 0. The number of rotatable bonds is 8. The quantitative estimate of drug-likeness (QED) is 0.0869. The van der Waals surface area contributed by atoms with E-state index in [1.54, 1.807) is 0 Å². The van der Waals surface area contributed by atoms with E-state index < -0.39 is 8.07 Å². The summed E-state index contributed by atoms with van der Waals surface area (Å²) in [7, 11) is -2.70. The Labute approximate surface area is 344 Å². The Morgan fingerprint density at radius 3 is 1.39 bits per heavy atom. The predicted octanol–water partition coefficient (Wildman–Crippen LogP) is 12.4. The van der Waals surface area contributed by atoms with Gasteiger partial charge in [0.2, 0.25) is 0 Å². The zero-order chi connectivity index (χ0) is 39.2. The molecule has 0 radical (unpaired) electrons. The van der Waals surface area contributed by atoms with Crippen LogP contribution in [-0.2, 0) is 0 Å². The molecule has 0 saturated carbocycles. The fourth-order valence-electron chi connectivity index (χ4n) is 9.28. The highest BCUT2D eigenvalue weighted by atomic mass is 28.3. The van der Waals surface area contributed by atoms with Gasteiger partial charge in [0.05, 0.1) is 5.69 Å². The Kier molecular flexibility index (Phi) is 8.53. The maximum atomic E-state index is 6.16. The summed E-state index contributed by atoms with van der Waals surface area (Å²) in [5.41, 5.74) is 7.47. The molecule has 11 rings (SSSR count). The zero-order valence-corrected chi connectivity index (χ0v) is 33.4. The van der Waals surface area contributed by atoms with Gasteiger partial charge in [-0.3, -0.25) is 0 Å². The summed E-state index contributed by atoms with van der Waals surface area (Å²) in [4.78, 5) is 2.44. The summed E-state index contributed by atoms with van der Waals surface area (Å²) < 4.78 is 6.16. The van der Waals surface area contributed by atoms with Crippen LogP contribution in [0.25, 0.3) is 54.6 Å². The molecule has 0 saturated heterocycles. The second-order valence-electron chi connectivity index (χ2n) is 15.2. The molecule has 0 aliphatic heterocycles. The smallest absolute Gasteiger partial charge is 0.179 e. The number of furan rings is 1. The summed E-state index contributed by atoms with van der Waals surface area (Å²) in [6, 6.07) is 86.6. The van der Waals surface area contributed by atoms with Crippen LogP contribution in [0.5, 0.6) is 0 Å². The number of anilines is 3. The average molecular weight is 770 g/mol. The Balaban J connectivity index is 1.10. The van der Waals surface area contributed by atoms with Gasteiger partial charge in [0.15, 0.2) is 8.07 Å². The van der Waals surface area contributed by atoms with E-state index in [4.69, 9.17) is 4.42 Å². The first kappa shape index (κ1) is 34.8. The van der Waals surface area contributed by atoms with Crippen LogP contribution in [0, 0.1) is 0 Å². The molecule has 11 aromatic rings. The zero-order valence-electron chi connectivity index (χ0n) is 32.4. The first-order valence-electron chi connectivity index (χ1n) is 20.3. The molecule has 2 nitrogen and oxygen atoms in total. The molecule has 0 bridgehead atoms. The van der Waals surface area contributed by atoms with E-state index in [1.165, 1.54) is 42.3 Å². The Bertz CT molecular complexity index is 3150. The molecular weight excluding hydrogens is 731 g/mol. The monoisotopic (exact) mass is 769 g/mol. The molecule has 278 valence electrons. The number of para-hydroxylation sites is 1. The van der Waals surface area contributed by atoms with E-state index in [0.717, 1.165) is 50.1 Å². The molecule has 0 fully saturated rings. The molecule has 0 spiro atoms. The Morgan fingerprint density at radius 1 is 0.305 bits per heavy atom. The van der Waals surface area contributed by atoms with Gasteiger partial charge >= 0.3 is 0 Å². The van der Waals surface area contributed by atoms with Crippen LogP contribution in [0.1, 0.15) is 0 Å². The fourth-order valence-corrected chi connectivity index (χ4v) is 14.0. The van der Waals surface area contributed by atoms with Crippen molar-refractivity contribution >= 4 is 89.4 Å². The van der Waals surface area contributed by atoms with Crippen molar-refractivity contribution in [1.82, 2.24) is 0 Å². The van der Waals surface area contributed by atoms with Crippen LogP contribution < -0.4 is 25.6 Å². The van der Waals surface area contributed by atoms with Gasteiger partial charge in [-0.15, -0.1) is 0 Å². The number of benzene rings is 10. The molecule has 0 amide bonds. The molecule has 0 aliphatic rings. The minimum Gasteiger partial charge on any atom is -0.456 e. The highest BCUT2D eigenvalue weighted by Gasteiger charge is 2.41. The maximum Gasteiger partial charge on any atom is 0.179 e. The topological polar surface area (TPSA) is 16.4 Å². The molecular formula is C56H39NOSi.